The van der Waals surface area contributed by atoms with E-state index in [-0.39, 0.29) is 5.91 Å². The molecule has 1 amide bonds. The lowest BCUT2D eigenvalue weighted by atomic mass is 10.1. The predicted octanol–water partition coefficient (Wildman–Crippen LogP) is 2.80. The van der Waals surface area contributed by atoms with Crippen molar-refractivity contribution in [2.75, 3.05) is 56.5 Å². The van der Waals surface area contributed by atoms with Crippen LogP contribution in [0.4, 0.5) is 17.5 Å². The number of nitrogens with zero attached hydrogens (tertiary/aromatic N) is 4. The van der Waals surface area contributed by atoms with Crippen molar-refractivity contribution in [3.8, 4) is 11.5 Å². The number of aromatic nitrogens is 2. The number of rotatable bonds is 6. The number of carbonyl (C=O) groups is 1. The average molecular weight is 385 g/mol. The summed E-state index contributed by atoms with van der Waals surface area (Å²) >= 11 is 0. The lowest BCUT2D eigenvalue weighted by molar-refractivity contribution is 0.102. The minimum Gasteiger partial charge on any atom is -0.493 e. The van der Waals surface area contributed by atoms with Crippen molar-refractivity contribution < 1.29 is 14.3 Å². The monoisotopic (exact) mass is 385 g/mol. The molecular weight excluding hydrogens is 358 g/mol. The van der Waals surface area contributed by atoms with Gasteiger partial charge in [-0.2, -0.15) is 4.98 Å². The maximum Gasteiger partial charge on any atom is 0.255 e. The van der Waals surface area contributed by atoms with Gasteiger partial charge in [0.1, 0.15) is 5.69 Å². The summed E-state index contributed by atoms with van der Waals surface area (Å²) in [6.07, 6.45) is 5.22. The van der Waals surface area contributed by atoms with Crippen LogP contribution < -0.4 is 24.6 Å². The van der Waals surface area contributed by atoms with E-state index in [9.17, 15) is 4.79 Å². The first-order chi connectivity index (χ1) is 13.5. The number of ether oxygens (including phenoxy) is 2. The van der Waals surface area contributed by atoms with Gasteiger partial charge in [-0.1, -0.05) is 0 Å². The Morgan fingerprint density at radius 2 is 1.82 bits per heavy atom. The second kappa shape index (κ2) is 8.77. The number of hydrogen-bond acceptors (Lipinski definition) is 7. The second-order valence-electron chi connectivity index (χ2n) is 6.87. The van der Waals surface area contributed by atoms with Crippen molar-refractivity contribution in [1.82, 2.24) is 9.97 Å². The van der Waals surface area contributed by atoms with Gasteiger partial charge in [0.2, 0.25) is 5.95 Å². The normalized spacial score (nSPS) is 13.8. The maximum absolute atomic E-state index is 12.8. The number of methoxy groups -OCH3 is 2. The first-order valence-electron chi connectivity index (χ1n) is 9.36. The molecule has 0 saturated carbocycles. The molecule has 2 aromatic rings. The van der Waals surface area contributed by atoms with Gasteiger partial charge in [-0.15, -0.1) is 0 Å². The van der Waals surface area contributed by atoms with Gasteiger partial charge in [0.25, 0.3) is 5.91 Å². The Morgan fingerprint density at radius 3 is 2.46 bits per heavy atom. The van der Waals surface area contributed by atoms with Crippen LogP contribution in [0.2, 0.25) is 0 Å². The summed E-state index contributed by atoms with van der Waals surface area (Å²) in [5.74, 6) is 2.18. The molecule has 0 spiro atoms. The van der Waals surface area contributed by atoms with Gasteiger partial charge >= 0.3 is 0 Å². The minimum absolute atomic E-state index is 0.265. The lowest BCUT2D eigenvalue weighted by Crippen LogP contribution is -2.31. The molecule has 150 valence electrons. The molecule has 1 aliphatic rings. The summed E-state index contributed by atoms with van der Waals surface area (Å²) in [7, 11) is 6.89. The van der Waals surface area contributed by atoms with E-state index < -0.39 is 0 Å². The summed E-state index contributed by atoms with van der Waals surface area (Å²) in [5, 5.41) is 2.91. The molecule has 0 bridgehead atoms. The molecule has 0 atom stereocenters. The number of hydrogen-bond donors (Lipinski definition) is 1. The second-order valence-corrected chi connectivity index (χ2v) is 6.87. The number of nitrogens with one attached hydrogen (secondary N) is 1. The highest BCUT2D eigenvalue weighted by atomic mass is 16.5. The molecule has 1 aromatic heterocycles. The molecule has 1 N–H and O–H groups in total. The number of amides is 1. The van der Waals surface area contributed by atoms with E-state index in [1.54, 1.807) is 31.5 Å². The van der Waals surface area contributed by atoms with Crippen molar-refractivity contribution >= 4 is 23.4 Å². The minimum atomic E-state index is -0.265. The SMILES string of the molecule is COc1ccc(C(=O)Nc2cnc(N3CCCCC3)nc2N(C)C)cc1OC. The van der Waals surface area contributed by atoms with Crippen molar-refractivity contribution in [1.29, 1.82) is 0 Å². The van der Waals surface area contributed by atoms with Crippen LogP contribution in [0.15, 0.2) is 24.4 Å². The molecular formula is C20H27N5O3. The van der Waals surface area contributed by atoms with Crippen LogP contribution in [0.3, 0.4) is 0 Å². The zero-order valence-corrected chi connectivity index (χ0v) is 16.9. The Morgan fingerprint density at radius 1 is 1.11 bits per heavy atom. The van der Waals surface area contributed by atoms with Crippen LogP contribution in [0, 0.1) is 0 Å². The molecule has 0 aliphatic carbocycles. The number of carbonyl (C=O) groups excluding carboxylic acids is 1. The van der Waals surface area contributed by atoms with E-state index in [4.69, 9.17) is 9.47 Å². The highest BCUT2D eigenvalue weighted by Crippen LogP contribution is 2.29. The number of anilines is 3. The standard InChI is InChI=1S/C20H27N5O3/c1-24(2)18-15(13-21-20(23-18)25-10-6-5-7-11-25)22-19(26)14-8-9-16(27-3)17(12-14)28-4/h8-9,12-13H,5-7,10-11H2,1-4H3,(H,22,26). The molecule has 1 fully saturated rings. The Hall–Kier alpha value is -3.03. The summed E-state index contributed by atoms with van der Waals surface area (Å²) in [6, 6.07) is 5.04. The zero-order chi connectivity index (χ0) is 20.1. The molecule has 1 aromatic carbocycles. The van der Waals surface area contributed by atoms with Gasteiger partial charge < -0.3 is 24.6 Å². The Labute approximate surface area is 165 Å². The average Bonchev–Trinajstić information content (AvgIpc) is 2.73. The summed E-state index contributed by atoms with van der Waals surface area (Å²) in [6.45, 7) is 1.93. The van der Waals surface area contributed by atoms with Crippen LogP contribution >= 0.6 is 0 Å². The molecule has 3 rings (SSSR count). The molecule has 28 heavy (non-hydrogen) atoms. The van der Waals surface area contributed by atoms with Crippen molar-refractivity contribution in [3.05, 3.63) is 30.0 Å². The summed E-state index contributed by atoms with van der Waals surface area (Å²) in [4.78, 5) is 26.0. The van der Waals surface area contributed by atoms with Crippen molar-refractivity contribution in [3.63, 3.8) is 0 Å². The molecule has 0 unspecified atom stereocenters. The third-order valence-corrected chi connectivity index (χ3v) is 4.71. The first kappa shape index (κ1) is 19.7. The molecule has 2 heterocycles. The third kappa shape index (κ3) is 4.27. The smallest absolute Gasteiger partial charge is 0.255 e. The van der Waals surface area contributed by atoms with Crippen LogP contribution in [-0.2, 0) is 0 Å². The number of benzene rings is 1. The van der Waals surface area contributed by atoms with Crippen LogP contribution in [0.25, 0.3) is 0 Å². The van der Waals surface area contributed by atoms with Crippen molar-refractivity contribution in [2.45, 2.75) is 19.3 Å². The molecule has 8 heteroatoms. The largest absolute Gasteiger partial charge is 0.493 e. The van der Waals surface area contributed by atoms with E-state index in [2.05, 4.69) is 20.2 Å². The highest BCUT2D eigenvalue weighted by molar-refractivity contribution is 6.06. The molecule has 1 saturated heterocycles. The summed E-state index contributed by atoms with van der Waals surface area (Å²) in [5.41, 5.74) is 1.02. The van der Waals surface area contributed by atoms with E-state index >= 15 is 0 Å². The Balaban J connectivity index is 1.83. The van der Waals surface area contributed by atoms with Crippen LogP contribution in [0.5, 0.6) is 11.5 Å². The van der Waals surface area contributed by atoms with Crippen LogP contribution in [0.1, 0.15) is 29.6 Å². The fourth-order valence-electron chi connectivity index (χ4n) is 3.21. The van der Waals surface area contributed by atoms with Gasteiger partial charge in [0.15, 0.2) is 17.3 Å². The van der Waals surface area contributed by atoms with Crippen molar-refractivity contribution in [2.24, 2.45) is 0 Å². The quantitative estimate of drug-likeness (QED) is 0.819. The topological polar surface area (TPSA) is 79.8 Å². The Bertz CT molecular complexity index is 835. The predicted molar refractivity (Wildman–Crippen MR) is 110 cm³/mol. The lowest BCUT2D eigenvalue weighted by Gasteiger charge is -2.28. The third-order valence-electron chi connectivity index (χ3n) is 4.71. The molecule has 0 radical (unpaired) electrons. The first-order valence-corrected chi connectivity index (χ1v) is 9.36. The van der Waals surface area contributed by atoms with E-state index in [1.165, 1.54) is 13.5 Å². The van der Waals surface area contributed by atoms with Gasteiger partial charge in [0, 0.05) is 32.7 Å². The van der Waals surface area contributed by atoms with Gasteiger partial charge in [0.05, 0.1) is 20.4 Å². The fraction of sp³-hybridized carbons (Fsp3) is 0.450. The maximum atomic E-state index is 12.8. The van der Waals surface area contributed by atoms with E-state index in [0.717, 1.165) is 25.9 Å². The highest BCUT2D eigenvalue weighted by Gasteiger charge is 2.19. The van der Waals surface area contributed by atoms with Gasteiger partial charge in [-0.25, -0.2) is 4.98 Å². The van der Waals surface area contributed by atoms with Gasteiger partial charge in [-0.3, -0.25) is 4.79 Å². The van der Waals surface area contributed by atoms with E-state index in [1.807, 2.05) is 19.0 Å². The molecule has 1 aliphatic heterocycles. The van der Waals surface area contributed by atoms with Gasteiger partial charge in [-0.05, 0) is 37.5 Å². The Kier molecular flexibility index (Phi) is 6.18. The number of piperidine rings is 1. The summed E-state index contributed by atoms with van der Waals surface area (Å²) < 4.78 is 10.5. The fourth-order valence-corrected chi connectivity index (χ4v) is 3.21. The van der Waals surface area contributed by atoms with Crippen LogP contribution in [-0.4, -0.2) is 57.3 Å². The molecule has 8 nitrogen and oxygen atoms in total. The van der Waals surface area contributed by atoms with E-state index in [0.29, 0.717) is 34.5 Å². The zero-order valence-electron chi connectivity index (χ0n) is 16.9.